The molecule has 2 heterocycles. The molecule has 2 aromatic carbocycles. The first-order valence-electron chi connectivity index (χ1n) is 13.9. The molecule has 1 unspecified atom stereocenters. The Morgan fingerprint density at radius 1 is 1.10 bits per heavy atom. The maximum absolute atomic E-state index is 14.0. The van der Waals surface area contributed by atoms with Crippen LogP contribution in [0.15, 0.2) is 63.5 Å². The Labute approximate surface area is 245 Å². The van der Waals surface area contributed by atoms with Gasteiger partial charge in [0.2, 0.25) is 0 Å². The summed E-state index contributed by atoms with van der Waals surface area (Å²) >= 11 is 1.30. The van der Waals surface area contributed by atoms with Crippen LogP contribution in [0.3, 0.4) is 0 Å². The topological polar surface area (TPSA) is 82.4 Å². The number of benzene rings is 2. The maximum Gasteiger partial charge on any atom is 0.338 e. The zero-order chi connectivity index (χ0) is 29.7. The number of rotatable bonds is 11. The molecule has 0 saturated heterocycles. The molecular formula is C32H39N3O5S. The fourth-order valence-electron chi connectivity index (χ4n) is 5.00. The number of methoxy groups -OCH3 is 2. The third-order valence-electron chi connectivity index (χ3n) is 7.31. The SMILES string of the molecule is CCN(CC)c1ccc(C=c2sc3n(c2=O)C(c2ccc(C(C)C)cc2)C(C(=O)OCCOC)=C(C)N=3)c(OC)c1. The van der Waals surface area contributed by atoms with Crippen molar-refractivity contribution in [2.45, 2.75) is 46.6 Å². The monoisotopic (exact) mass is 577 g/mol. The van der Waals surface area contributed by atoms with Gasteiger partial charge in [0, 0.05) is 37.5 Å². The van der Waals surface area contributed by atoms with Crippen LogP contribution in [-0.4, -0.2) is 51.1 Å². The summed E-state index contributed by atoms with van der Waals surface area (Å²) in [7, 11) is 3.18. The summed E-state index contributed by atoms with van der Waals surface area (Å²) in [6, 6.07) is 13.4. The Morgan fingerprint density at radius 2 is 1.80 bits per heavy atom. The Bertz CT molecular complexity index is 1600. The highest BCUT2D eigenvalue weighted by Crippen LogP contribution is 2.32. The Kier molecular flexibility index (Phi) is 9.83. The second-order valence-corrected chi connectivity index (χ2v) is 11.1. The lowest BCUT2D eigenvalue weighted by molar-refractivity contribution is -0.140. The molecule has 218 valence electrons. The van der Waals surface area contributed by atoms with E-state index in [4.69, 9.17) is 19.2 Å². The molecule has 9 heteroatoms. The van der Waals surface area contributed by atoms with Crippen molar-refractivity contribution >= 4 is 29.1 Å². The van der Waals surface area contributed by atoms with Crippen LogP contribution in [0.4, 0.5) is 5.69 Å². The maximum atomic E-state index is 14.0. The molecule has 0 radical (unpaired) electrons. The number of allylic oxidation sites excluding steroid dienone is 1. The van der Waals surface area contributed by atoms with Crippen LogP contribution < -0.4 is 24.5 Å². The highest BCUT2D eigenvalue weighted by Gasteiger charge is 2.33. The molecule has 1 aliphatic rings. The van der Waals surface area contributed by atoms with Crippen molar-refractivity contribution in [2.75, 3.05) is 45.4 Å². The summed E-state index contributed by atoms with van der Waals surface area (Å²) in [5.74, 6) is 0.522. The van der Waals surface area contributed by atoms with E-state index in [0.29, 0.717) is 32.3 Å². The van der Waals surface area contributed by atoms with Crippen LogP contribution in [0.1, 0.15) is 63.3 Å². The molecule has 4 rings (SSSR count). The number of anilines is 1. The number of carbonyl (C=O) groups is 1. The van der Waals surface area contributed by atoms with E-state index in [1.807, 2.05) is 48.5 Å². The largest absolute Gasteiger partial charge is 0.496 e. The van der Waals surface area contributed by atoms with E-state index in [0.717, 1.165) is 29.9 Å². The molecule has 1 aromatic heterocycles. The number of fused-ring (bicyclic) bond motifs is 1. The number of carbonyl (C=O) groups excluding carboxylic acids is 1. The Hall–Kier alpha value is -3.69. The molecule has 8 nitrogen and oxygen atoms in total. The molecule has 0 aliphatic carbocycles. The lowest BCUT2D eigenvalue weighted by Gasteiger charge is -2.25. The average molecular weight is 578 g/mol. The van der Waals surface area contributed by atoms with Gasteiger partial charge in [0.25, 0.3) is 5.56 Å². The summed E-state index contributed by atoms with van der Waals surface area (Å²) in [5.41, 5.74) is 4.49. The Morgan fingerprint density at radius 3 is 2.41 bits per heavy atom. The number of thiazole rings is 1. The van der Waals surface area contributed by atoms with Gasteiger partial charge in [-0.05, 0) is 56.0 Å². The van der Waals surface area contributed by atoms with Crippen LogP contribution in [0, 0.1) is 0 Å². The van der Waals surface area contributed by atoms with E-state index in [-0.39, 0.29) is 18.8 Å². The third-order valence-corrected chi connectivity index (χ3v) is 8.30. The molecular weight excluding hydrogens is 538 g/mol. The summed E-state index contributed by atoms with van der Waals surface area (Å²) in [6.45, 7) is 12.4. The van der Waals surface area contributed by atoms with Gasteiger partial charge in [-0.3, -0.25) is 9.36 Å². The molecule has 3 aromatic rings. The first-order valence-corrected chi connectivity index (χ1v) is 14.8. The fraction of sp³-hybridized carbons (Fsp3) is 0.406. The number of hydrogen-bond acceptors (Lipinski definition) is 8. The fourth-order valence-corrected chi connectivity index (χ4v) is 6.04. The third kappa shape index (κ3) is 6.31. The molecule has 1 atom stereocenters. The summed E-state index contributed by atoms with van der Waals surface area (Å²) in [6.07, 6.45) is 1.84. The van der Waals surface area contributed by atoms with Gasteiger partial charge in [0.05, 0.1) is 35.6 Å². The van der Waals surface area contributed by atoms with Crippen molar-refractivity contribution in [1.82, 2.24) is 4.57 Å². The van der Waals surface area contributed by atoms with Crippen LogP contribution in [0.2, 0.25) is 0 Å². The van der Waals surface area contributed by atoms with Crippen molar-refractivity contribution < 1.29 is 19.0 Å². The van der Waals surface area contributed by atoms with Crippen molar-refractivity contribution in [2.24, 2.45) is 4.99 Å². The van der Waals surface area contributed by atoms with Crippen molar-refractivity contribution in [3.8, 4) is 5.75 Å². The molecule has 0 bridgehead atoms. The van der Waals surface area contributed by atoms with Gasteiger partial charge in [-0.15, -0.1) is 0 Å². The van der Waals surface area contributed by atoms with Crippen LogP contribution in [0.25, 0.3) is 6.08 Å². The lowest BCUT2D eigenvalue weighted by atomic mass is 9.93. The number of aromatic nitrogens is 1. The van der Waals surface area contributed by atoms with Gasteiger partial charge in [0.15, 0.2) is 4.80 Å². The standard InChI is InChI=1S/C32H39N3O5S/c1-8-34(9-2)25-15-14-24(26(19-25)39-7)18-27-30(36)35-29(23-12-10-22(11-13-23)20(3)4)28(21(5)33-32(35)41-27)31(37)40-17-16-38-6/h10-15,18-20,29H,8-9,16-17H2,1-7H3. The van der Waals surface area contributed by atoms with Crippen molar-refractivity contribution in [3.05, 3.63) is 90.1 Å². The second-order valence-electron chi connectivity index (χ2n) is 10.1. The van der Waals surface area contributed by atoms with E-state index in [1.54, 1.807) is 25.7 Å². The average Bonchev–Trinajstić information content (AvgIpc) is 3.27. The number of ether oxygens (including phenoxy) is 3. The summed E-state index contributed by atoms with van der Waals surface area (Å²) < 4.78 is 18.4. The second kappa shape index (κ2) is 13.3. The van der Waals surface area contributed by atoms with Crippen LogP contribution in [-0.2, 0) is 14.3 Å². The van der Waals surface area contributed by atoms with Gasteiger partial charge in [0.1, 0.15) is 12.4 Å². The van der Waals surface area contributed by atoms with E-state index < -0.39 is 12.0 Å². The first kappa shape index (κ1) is 30.3. The molecule has 0 saturated carbocycles. The minimum Gasteiger partial charge on any atom is -0.496 e. The molecule has 1 aliphatic heterocycles. The quantitative estimate of drug-likeness (QED) is 0.248. The lowest BCUT2D eigenvalue weighted by Crippen LogP contribution is -2.40. The predicted octanol–water partition coefficient (Wildman–Crippen LogP) is 4.40. The highest BCUT2D eigenvalue weighted by molar-refractivity contribution is 7.07. The predicted molar refractivity (Wildman–Crippen MR) is 164 cm³/mol. The van der Waals surface area contributed by atoms with Gasteiger partial charge in [-0.2, -0.15) is 0 Å². The number of esters is 1. The Balaban J connectivity index is 1.86. The molecule has 0 N–H and O–H groups in total. The smallest absolute Gasteiger partial charge is 0.338 e. The number of hydrogen-bond donors (Lipinski definition) is 0. The molecule has 41 heavy (non-hydrogen) atoms. The highest BCUT2D eigenvalue weighted by atomic mass is 32.1. The zero-order valence-corrected chi connectivity index (χ0v) is 25.7. The summed E-state index contributed by atoms with van der Waals surface area (Å²) in [4.78, 5) is 34.8. The van der Waals surface area contributed by atoms with E-state index >= 15 is 0 Å². The minimum atomic E-state index is -0.670. The zero-order valence-electron chi connectivity index (χ0n) is 24.9. The van der Waals surface area contributed by atoms with Gasteiger partial charge >= 0.3 is 5.97 Å². The molecule has 0 spiro atoms. The number of nitrogens with zero attached hydrogens (tertiary/aromatic N) is 3. The van der Waals surface area contributed by atoms with E-state index in [1.165, 1.54) is 16.9 Å². The molecule has 0 amide bonds. The minimum absolute atomic E-state index is 0.110. The molecule has 0 fully saturated rings. The van der Waals surface area contributed by atoms with Crippen LogP contribution in [0.5, 0.6) is 5.75 Å². The van der Waals surface area contributed by atoms with Crippen molar-refractivity contribution in [3.63, 3.8) is 0 Å². The van der Waals surface area contributed by atoms with Gasteiger partial charge in [-0.1, -0.05) is 49.4 Å². The first-order chi connectivity index (χ1) is 19.7. The van der Waals surface area contributed by atoms with Gasteiger partial charge in [-0.25, -0.2) is 9.79 Å². The van der Waals surface area contributed by atoms with E-state index in [9.17, 15) is 9.59 Å². The van der Waals surface area contributed by atoms with Crippen molar-refractivity contribution in [1.29, 1.82) is 0 Å². The normalized spacial score (nSPS) is 15.1. The van der Waals surface area contributed by atoms with Gasteiger partial charge < -0.3 is 19.1 Å². The van der Waals surface area contributed by atoms with Crippen LogP contribution >= 0.6 is 11.3 Å². The van der Waals surface area contributed by atoms with E-state index in [2.05, 4.69) is 32.6 Å². The summed E-state index contributed by atoms with van der Waals surface area (Å²) in [5, 5.41) is 0.